The van der Waals surface area contributed by atoms with Crippen LogP contribution in [0.3, 0.4) is 0 Å². The van der Waals surface area contributed by atoms with Crippen LogP contribution in [0.15, 0.2) is 60.7 Å². The lowest BCUT2D eigenvalue weighted by Gasteiger charge is -2.10. The van der Waals surface area contributed by atoms with Crippen molar-refractivity contribution in [3.63, 3.8) is 0 Å². The lowest BCUT2D eigenvalue weighted by Crippen LogP contribution is -2.15. The Bertz CT molecular complexity index is 944. The third-order valence-electron chi connectivity index (χ3n) is 4.03. The van der Waals surface area contributed by atoms with Crippen molar-refractivity contribution >= 4 is 22.5 Å². The average Bonchev–Trinajstić information content (AvgIpc) is 2.70. The molecule has 0 unspecified atom stereocenters. The Kier molecular flexibility index (Phi) is 5.17. The highest BCUT2D eigenvalue weighted by molar-refractivity contribution is 6.02. The normalized spacial score (nSPS) is 10.4. The summed E-state index contributed by atoms with van der Waals surface area (Å²) in [5.41, 5.74) is 0.734. The van der Waals surface area contributed by atoms with Crippen molar-refractivity contribution in [2.24, 2.45) is 0 Å². The Hall–Kier alpha value is -3.34. The monoisotopic (exact) mass is 350 g/mol. The zero-order chi connectivity index (χ0) is 18.5. The first-order chi connectivity index (χ1) is 12.6. The Morgan fingerprint density at radius 2 is 1.50 bits per heavy atom. The lowest BCUT2D eigenvalue weighted by molar-refractivity contribution is 0.0472. The highest BCUT2D eigenvalue weighted by Gasteiger charge is 2.17. The molecule has 3 aromatic carbocycles. The predicted molar refractivity (Wildman–Crippen MR) is 98.1 cm³/mol. The summed E-state index contributed by atoms with van der Waals surface area (Å²) in [6.45, 7) is -0.346. The van der Waals surface area contributed by atoms with Gasteiger partial charge in [-0.25, -0.2) is 4.79 Å². The van der Waals surface area contributed by atoms with E-state index >= 15 is 0 Å². The first-order valence-corrected chi connectivity index (χ1v) is 8.03. The van der Waals surface area contributed by atoms with Gasteiger partial charge in [0.05, 0.1) is 14.2 Å². The minimum Gasteiger partial charge on any atom is -0.497 e. The van der Waals surface area contributed by atoms with E-state index in [0.29, 0.717) is 17.1 Å². The molecule has 0 atom stereocenters. The van der Waals surface area contributed by atoms with Crippen LogP contribution in [0.2, 0.25) is 0 Å². The Morgan fingerprint density at radius 3 is 2.12 bits per heavy atom. The van der Waals surface area contributed by atoms with Gasteiger partial charge < -0.3 is 14.2 Å². The summed E-state index contributed by atoms with van der Waals surface area (Å²) in [7, 11) is 3.04. The number of benzene rings is 3. The maximum absolute atomic E-state index is 12.4. The number of methoxy groups -OCH3 is 2. The Morgan fingerprint density at radius 1 is 0.846 bits per heavy atom. The number of carbonyl (C=O) groups is 2. The number of ether oxygens (including phenoxy) is 3. The van der Waals surface area contributed by atoms with Gasteiger partial charge in [-0.15, -0.1) is 0 Å². The van der Waals surface area contributed by atoms with Gasteiger partial charge in [0.1, 0.15) is 17.1 Å². The number of carbonyl (C=O) groups excluding carboxylic acids is 2. The zero-order valence-corrected chi connectivity index (χ0v) is 14.5. The van der Waals surface area contributed by atoms with E-state index in [2.05, 4.69) is 0 Å². The molecule has 5 nitrogen and oxygen atoms in total. The van der Waals surface area contributed by atoms with Crippen molar-refractivity contribution in [1.82, 2.24) is 0 Å². The highest BCUT2D eigenvalue weighted by atomic mass is 16.5. The summed E-state index contributed by atoms with van der Waals surface area (Å²) >= 11 is 0. The van der Waals surface area contributed by atoms with Gasteiger partial charge in [0.25, 0.3) is 0 Å². The Labute approximate surface area is 151 Å². The fourth-order valence-corrected chi connectivity index (χ4v) is 2.62. The second-order valence-electron chi connectivity index (χ2n) is 5.63. The van der Waals surface area contributed by atoms with Crippen molar-refractivity contribution in [2.75, 3.05) is 20.8 Å². The zero-order valence-electron chi connectivity index (χ0n) is 14.5. The van der Waals surface area contributed by atoms with Crippen molar-refractivity contribution in [3.05, 3.63) is 71.8 Å². The molecule has 3 rings (SSSR count). The quantitative estimate of drug-likeness (QED) is 0.498. The van der Waals surface area contributed by atoms with Gasteiger partial charge in [-0.3, -0.25) is 4.79 Å². The Balaban J connectivity index is 1.75. The van der Waals surface area contributed by atoms with Gasteiger partial charge in [-0.05, 0) is 47.2 Å². The number of hydrogen-bond donors (Lipinski definition) is 0. The van der Waals surface area contributed by atoms with Gasteiger partial charge in [0.2, 0.25) is 0 Å². The van der Waals surface area contributed by atoms with Crippen LogP contribution >= 0.6 is 0 Å². The molecular weight excluding hydrogens is 332 g/mol. The molecule has 0 fully saturated rings. The average molecular weight is 350 g/mol. The lowest BCUT2D eigenvalue weighted by atomic mass is 10.1. The fraction of sp³-hybridized carbons (Fsp3) is 0.143. The number of fused-ring (bicyclic) bond motifs is 1. The minimum atomic E-state index is -0.602. The number of esters is 1. The predicted octanol–water partition coefficient (Wildman–Crippen LogP) is 3.90. The van der Waals surface area contributed by atoms with Crippen LogP contribution in [0.4, 0.5) is 0 Å². The number of ketones is 1. The second kappa shape index (κ2) is 7.70. The van der Waals surface area contributed by atoms with Gasteiger partial charge in [-0.1, -0.05) is 24.3 Å². The van der Waals surface area contributed by atoms with Crippen LogP contribution in [-0.2, 0) is 4.74 Å². The van der Waals surface area contributed by atoms with E-state index in [0.717, 1.165) is 10.8 Å². The van der Waals surface area contributed by atoms with Crippen molar-refractivity contribution < 1.29 is 23.8 Å². The molecule has 0 radical (unpaired) electrons. The molecule has 3 aromatic rings. The van der Waals surface area contributed by atoms with Crippen LogP contribution in [0.1, 0.15) is 20.7 Å². The van der Waals surface area contributed by atoms with Gasteiger partial charge >= 0.3 is 5.97 Å². The summed E-state index contributed by atoms with van der Waals surface area (Å²) in [5.74, 6) is 0.167. The molecule has 0 aliphatic carbocycles. The first kappa shape index (κ1) is 17.5. The third kappa shape index (κ3) is 3.67. The molecule has 0 heterocycles. The molecule has 0 aliphatic heterocycles. The van der Waals surface area contributed by atoms with E-state index in [9.17, 15) is 9.59 Å². The number of rotatable bonds is 6. The molecule has 0 amide bonds. The van der Waals surface area contributed by atoms with E-state index in [1.165, 1.54) is 7.11 Å². The van der Waals surface area contributed by atoms with E-state index < -0.39 is 5.97 Å². The molecular formula is C21H18O5. The molecule has 0 spiro atoms. The van der Waals surface area contributed by atoms with Gasteiger partial charge in [0, 0.05) is 5.56 Å². The first-order valence-electron chi connectivity index (χ1n) is 8.03. The number of hydrogen-bond acceptors (Lipinski definition) is 5. The van der Waals surface area contributed by atoms with E-state index in [1.807, 2.05) is 24.3 Å². The van der Waals surface area contributed by atoms with Gasteiger partial charge in [-0.2, -0.15) is 0 Å². The highest BCUT2D eigenvalue weighted by Crippen LogP contribution is 2.26. The maximum atomic E-state index is 12.4. The second-order valence-corrected chi connectivity index (χ2v) is 5.63. The van der Waals surface area contributed by atoms with Crippen LogP contribution in [0, 0.1) is 0 Å². The van der Waals surface area contributed by atoms with Crippen molar-refractivity contribution in [1.29, 1.82) is 0 Å². The van der Waals surface area contributed by atoms with Gasteiger partial charge in [0.15, 0.2) is 12.4 Å². The molecule has 0 aliphatic rings. The van der Waals surface area contributed by atoms with Crippen LogP contribution < -0.4 is 9.47 Å². The molecule has 26 heavy (non-hydrogen) atoms. The summed E-state index contributed by atoms with van der Waals surface area (Å²) in [5, 5.41) is 1.84. The van der Waals surface area contributed by atoms with Crippen LogP contribution in [-0.4, -0.2) is 32.6 Å². The summed E-state index contributed by atoms with van der Waals surface area (Å²) in [4.78, 5) is 24.6. The van der Waals surface area contributed by atoms with Crippen LogP contribution in [0.25, 0.3) is 10.8 Å². The smallest absolute Gasteiger partial charge is 0.342 e. The van der Waals surface area contributed by atoms with E-state index in [1.54, 1.807) is 43.5 Å². The van der Waals surface area contributed by atoms with Crippen molar-refractivity contribution in [3.8, 4) is 11.5 Å². The SMILES string of the molecule is COc1ccc(C(=O)COC(=O)c2cc3ccccc3cc2OC)cc1. The molecule has 0 saturated heterocycles. The summed E-state index contributed by atoms with van der Waals surface area (Å²) < 4.78 is 15.5. The molecule has 0 N–H and O–H groups in total. The summed E-state index contributed by atoms with van der Waals surface area (Å²) in [6.07, 6.45) is 0. The van der Waals surface area contributed by atoms with E-state index in [-0.39, 0.29) is 18.0 Å². The number of Topliss-reactive ketones (excluding diaryl/α,β-unsaturated/α-hetero) is 1. The third-order valence-corrected chi connectivity index (χ3v) is 4.03. The topological polar surface area (TPSA) is 61.8 Å². The maximum Gasteiger partial charge on any atom is 0.342 e. The van der Waals surface area contributed by atoms with Crippen molar-refractivity contribution in [2.45, 2.75) is 0 Å². The van der Waals surface area contributed by atoms with Crippen LogP contribution in [0.5, 0.6) is 11.5 Å². The molecule has 0 aromatic heterocycles. The summed E-state index contributed by atoms with van der Waals surface area (Å²) in [6, 6.07) is 17.7. The molecule has 132 valence electrons. The molecule has 0 saturated carbocycles. The van der Waals surface area contributed by atoms with E-state index in [4.69, 9.17) is 14.2 Å². The molecule has 0 bridgehead atoms. The largest absolute Gasteiger partial charge is 0.497 e. The molecule has 5 heteroatoms. The fourth-order valence-electron chi connectivity index (χ4n) is 2.62. The standard InChI is InChI=1S/C21H18O5/c1-24-17-9-7-14(8-10-17)19(22)13-26-21(23)18-11-15-5-3-4-6-16(15)12-20(18)25-2/h3-12H,13H2,1-2H3. The minimum absolute atomic E-state index is 0.286.